The number of aromatic nitrogens is 1. The Morgan fingerprint density at radius 3 is 2.07 bits per heavy atom. The third-order valence-corrected chi connectivity index (χ3v) is 4.24. The van der Waals surface area contributed by atoms with Gasteiger partial charge in [-0.3, -0.25) is 9.59 Å². The SMILES string of the molecule is CC.COc1ccc(C(=O)NC(C)C(=O)c2ccc(OC)c(Br)n2)cc1OC. The lowest BCUT2D eigenvalue weighted by molar-refractivity contribution is 0.0863. The van der Waals surface area contributed by atoms with E-state index in [1.165, 1.54) is 21.3 Å². The molecule has 0 aliphatic rings. The highest BCUT2D eigenvalue weighted by molar-refractivity contribution is 9.10. The lowest BCUT2D eigenvalue weighted by atomic mass is 10.1. The lowest BCUT2D eigenvalue weighted by Crippen LogP contribution is -2.38. The Balaban J connectivity index is 0.00000190. The van der Waals surface area contributed by atoms with Crippen molar-refractivity contribution in [3.05, 3.63) is 46.2 Å². The van der Waals surface area contributed by atoms with Gasteiger partial charge >= 0.3 is 0 Å². The topological polar surface area (TPSA) is 86.8 Å². The summed E-state index contributed by atoms with van der Waals surface area (Å²) in [5.74, 6) is 0.741. The van der Waals surface area contributed by atoms with E-state index >= 15 is 0 Å². The highest BCUT2D eigenvalue weighted by Gasteiger charge is 2.21. The molecular formula is C20H25BrN2O5. The van der Waals surface area contributed by atoms with Gasteiger partial charge < -0.3 is 19.5 Å². The van der Waals surface area contributed by atoms with Crippen LogP contribution in [0.1, 0.15) is 41.6 Å². The number of methoxy groups -OCH3 is 3. The quantitative estimate of drug-likeness (QED) is 0.506. The van der Waals surface area contributed by atoms with Crippen molar-refractivity contribution in [3.63, 3.8) is 0 Å². The maximum Gasteiger partial charge on any atom is 0.252 e. The maximum atomic E-state index is 12.5. The van der Waals surface area contributed by atoms with Gasteiger partial charge in [-0.15, -0.1) is 0 Å². The van der Waals surface area contributed by atoms with Crippen LogP contribution in [0.15, 0.2) is 34.9 Å². The van der Waals surface area contributed by atoms with Gasteiger partial charge in [0, 0.05) is 5.56 Å². The fourth-order valence-electron chi connectivity index (χ4n) is 2.26. The van der Waals surface area contributed by atoms with Crippen molar-refractivity contribution in [2.75, 3.05) is 21.3 Å². The van der Waals surface area contributed by atoms with Crippen LogP contribution >= 0.6 is 15.9 Å². The minimum atomic E-state index is -0.761. The predicted octanol–water partition coefficient (Wildman–Crippen LogP) is 3.90. The van der Waals surface area contributed by atoms with Crippen molar-refractivity contribution < 1.29 is 23.8 Å². The number of benzene rings is 1. The molecule has 1 amide bonds. The minimum Gasteiger partial charge on any atom is -0.494 e. The number of ketones is 1. The number of ether oxygens (including phenoxy) is 3. The van der Waals surface area contributed by atoms with Crippen LogP contribution in [-0.2, 0) is 0 Å². The van der Waals surface area contributed by atoms with E-state index in [1.54, 1.807) is 37.3 Å². The monoisotopic (exact) mass is 452 g/mol. The molecule has 28 heavy (non-hydrogen) atoms. The summed E-state index contributed by atoms with van der Waals surface area (Å²) >= 11 is 3.24. The number of pyridine rings is 1. The van der Waals surface area contributed by atoms with Crippen LogP contribution in [-0.4, -0.2) is 44.0 Å². The number of halogens is 1. The Kier molecular flexibility index (Phi) is 9.44. The van der Waals surface area contributed by atoms with Crippen molar-refractivity contribution in [2.24, 2.45) is 0 Å². The molecule has 0 saturated heterocycles. The molecule has 0 radical (unpaired) electrons. The maximum absolute atomic E-state index is 12.5. The number of carbonyl (C=O) groups is 2. The van der Waals surface area contributed by atoms with E-state index < -0.39 is 11.9 Å². The highest BCUT2D eigenvalue weighted by atomic mass is 79.9. The lowest BCUT2D eigenvalue weighted by Gasteiger charge is -2.14. The Labute approximate surface area is 173 Å². The molecule has 1 N–H and O–H groups in total. The molecule has 1 aromatic heterocycles. The fraction of sp³-hybridized carbons (Fsp3) is 0.350. The standard InChI is InChI=1S/C18H19BrN2O5.C2H6/c1-10(16(22)12-6-8-14(25-3)17(19)21-12)20-18(23)11-5-7-13(24-2)15(9-11)26-4;1-2/h5-10H,1-4H3,(H,20,23);1-2H3. The zero-order valence-corrected chi connectivity index (χ0v) is 18.4. The van der Waals surface area contributed by atoms with E-state index in [0.717, 1.165) is 0 Å². The number of nitrogens with one attached hydrogen (secondary N) is 1. The summed E-state index contributed by atoms with van der Waals surface area (Å²) < 4.78 is 15.8. The zero-order chi connectivity index (χ0) is 21.3. The first-order chi connectivity index (χ1) is 13.4. The Morgan fingerprint density at radius 1 is 0.964 bits per heavy atom. The first kappa shape index (κ1) is 23.4. The Bertz CT molecular complexity index is 826. The summed E-state index contributed by atoms with van der Waals surface area (Å²) in [6.45, 7) is 5.60. The predicted molar refractivity (Wildman–Crippen MR) is 111 cm³/mol. The molecular weight excluding hydrogens is 428 g/mol. The minimum absolute atomic E-state index is 0.220. The normalized spacial score (nSPS) is 10.8. The van der Waals surface area contributed by atoms with E-state index in [1.807, 2.05) is 13.8 Å². The van der Waals surface area contributed by atoms with Gasteiger partial charge in [-0.2, -0.15) is 0 Å². The summed E-state index contributed by atoms with van der Waals surface area (Å²) in [6.07, 6.45) is 0. The van der Waals surface area contributed by atoms with Crippen LogP contribution in [0, 0.1) is 0 Å². The molecule has 8 heteroatoms. The smallest absolute Gasteiger partial charge is 0.252 e. The van der Waals surface area contributed by atoms with Crippen molar-refractivity contribution >= 4 is 27.6 Å². The van der Waals surface area contributed by atoms with Crippen LogP contribution in [0.25, 0.3) is 0 Å². The summed E-state index contributed by atoms with van der Waals surface area (Å²) in [5, 5.41) is 2.66. The van der Waals surface area contributed by atoms with E-state index in [0.29, 0.717) is 27.4 Å². The highest BCUT2D eigenvalue weighted by Crippen LogP contribution is 2.27. The number of carbonyl (C=O) groups excluding carboxylic acids is 2. The van der Waals surface area contributed by atoms with Crippen molar-refractivity contribution in [1.29, 1.82) is 0 Å². The second-order valence-corrected chi connectivity index (χ2v) is 6.07. The van der Waals surface area contributed by atoms with Crippen LogP contribution in [0.2, 0.25) is 0 Å². The van der Waals surface area contributed by atoms with Crippen LogP contribution < -0.4 is 19.5 Å². The van der Waals surface area contributed by atoms with Gasteiger partial charge in [-0.25, -0.2) is 4.98 Å². The van der Waals surface area contributed by atoms with E-state index in [9.17, 15) is 9.59 Å². The second-order valence-electron chi connectivity index (χ2n) is 5.32. The molecule has 0 fully saturated rings. The third kappa shape index (κ3) is 5.69. The molecule has 0 saturated carbocycles. The van der Waals surface area contributed by atoms with Gasteiger partial charge in [-0.1, -0.05) is 13.8 Å². The summed E-state index contributed by atoms with van der Waals surface area (Å²) in [5.41, 5.74) is 0.573. The van der Waals surface area contributed by atoms with Gasteiger partial charge in [0.2, 0.25) is 5.78 Å². The Hall–Kier alpha value is -2.61. The molecule has 0 aliphatic heterocycles. The Morgan fingerprint density at radius 2 is 1.54 bits per heavy atom. The van der Waals surface area contributed by atoms with E-state index in [2.05, 4.69) is 26.2 Å². The molecule has 152 valence electrons. The molecule has 1 aromatic carbocycles. The number of nitrogens with zero attached hydrogens (tertiary/aromatic N) is 1. The number of rotatable bonds is 7. The summed E-state index contributed by atoms with van der Waals surface area (Å²) in [6, 6.07) is 7.19. The van der Waals surface area contributed by atoms with Crippen molar-refractivity contribution in [2.45, 2.75) is 26.8 Å². The molecule has 1 heterocycles. The first-order valence-electron chi connectivity index (χ1n) is 8.68. The molecule has 7 nitrogen and oxygen atoms in total. The molecule has 0 spiro atoms. The third-order valence-electron chi connectivity index (χ3n) is 3.67. The van der Waals surface area contributed by atoms with Crippen LogP contribution in [0.3, 0.4) is 0 Å². The number of hydrogen-bond donors (Lipinski definition) is 1. The molecule has 2 aromatic rings. The molecule has 2 rings (SSSR count). The van der Waals surface area contributed by atoms with Crippen molar-refractivity contribution in [3.8, 4) is 17.2 Å². The molecule has 1 atom stereocenters. The summed E-state index contributed by atoms with van der Waals surface area (Å²) in [4.78, 5) is 29.1. The van der Waals surface area contributed by atoms with Crippen LogP contribution in [0.4, 0.5) is 0 Å². The van der Waals surface area contributed by atoms with Crippen molar-refractivity contribution in [1.82, 2.24) is 10.3 Å². The molecule has 0 aliphatic carbocycles. The number of amides is 1. The second kappa shape index (κ2) is 11.3. The molecule has 1 unspecified atom stereocenters. The fourth-order valence-corrected chi connectivity index (χ4v) is 2.74. The van der Waals surface area contributed by atoms with E-state index in [4.69, 9.17) is 14.2 Å². The van der Waals surface area contributed by atoms with Gasteiger partial charge in [0.1, 0.15) is 10.3 Å². The van der Waals surface area contributed by atoms with Gasteiger partial charge in [0.25, 0.3) is 5.91 Å². The van der Waals surface area contributed by atoms with Gasteiger partial charge in [0.15, 0.2) is 17.2 Å². The largest absolute Gasteiger partial charge is 0.494 e. The van der Waals surface area contributed by atoms with Gasteiger partial charge in [0.05, 0.1) is 27.4 Å². The van der Waals surface area contributed by atoms with E-state index in [-0.39, 0.29) is 11.5 Å². The average molecular weight is 453 g/mol. The number of Topliss-reactive ketones (excluding diaryl/α,β-unsaturated/α-hetero) is 1. The first-order valence-corrected chi connectivity index (χ1v) is 9.48. The van der Waals surface area contributed by atoms with Crippen LogP contribution in [0.5, 0.6) is 17.2 Å². The average Bonchev–Trinajstić information content (AvgIpc) is 2.73. The van der Waals surface area contributed by atoms with Gasteiger partial charge in [-0.05, 0) is 53.2 Å². The molecule has 0 bridgehead atoms. The summed E-state index contributed by atoms with van der Waals surface area (Å²) in [7, 11) is 4.51. The number of hydrogen-bond acceptors (Lipinski definition) is 6. The zero-order valence-electron chi connectivity index (χ0n) is 16.8.